The zero-order chi connectivity index (χ0) is 13.3. The normalized spacial score (nSPS) is 17.1. The van der Waals surface area contributed by atoms with Crippen LogP contribution in [0.15, 0.2) is 34.3 Å². The predicted molar refractivity (Wildman–Crippen MR) is 73.2 cm³/mol. The summed E-state index contributed by atoms with van der Waals surface area (Å²) in [6, 6.07) is 3.43. The molecule has 4 N–H and O–H groups in total. The van der Waals surface area contributed by atoms with Gasteiger partial charge in [0.05, 0.1) is 5.69 Å². The van der Waals surface area contributed by atoms with Crippen LogP contribution < -0.4 is 5.73 Å². The highest BCUT2D eigenvalue weighted by Gasteiger charge is 2.10. The summed E-state index contributed by atoms with van der Waals surface area (Å²) in [4.78, 5) is 8.21. The molecule has 92 valence electrons. The number of amidine groups is 2. The summed E-state index contributed by atoms with van der Waals surface area (Å²) in [7, 11) is 0. The first-order chi connectivity index (χ1) is 8.47. The van der Waals surface area contributed by atoms with E-state index in [0.29, 0.717) is 17.2 Å². The van der Waals surface area contributed by atoms with Gasteiger partial charge < -0.3 is 10.8 Å². The smallest absolute Gasteiger partial charge is 0.172 e. The minimum Gasteiger partial charge on any atom is -0.508 e. The maximum Gasteiger partial charge on any atom is 0.172 e. The Bertz CT molecular complexity index is 612. The van der Waals surface area contributed by atoms with E-state index < -0.39 is 0 Å². The van der Waals surface area contributed by atoms with E-state index in [-0.39, 0.29) is 11.6 Å². The van der Waals surface area contributed by atoms with Gasteiger partial charge in [0.1, 0.15) is 17.3 Å². The highest BCUT2D eigenvalue weighted by molar-refractivity contribution is 6.48. The zero-order valence-electron chi connectivity index (χ0n) is 10.2. The van der Waals surface area contributed by atoms with Gasteiger partial charge in [-0.25, -0.2) is 9.98 Å². The maximum absolute atomic E-state index is 9.57. The first kappa shape index (κ1) is 12.0. The molecule has 0 amide bonds. The first-order valence-electron chi connectivity index (χ1n) is 5.47. The molecular formula is C13H14N4O. The second-order valence-electron chi connectivity index (χ2n) is 4.14. The largest absolute Gasteiger partial charge is 0.508 e. The molecule has 1 aromatic carbocycles. The van der Waals surface area contributed by atoms with E-state index >= 15 is 0 Å². The molecule has 2 rings (SSSR count). The van der Waals surface area contributed by atoms with Crippen LogP contribution in [0.1, 0.15) is 11.1 Å². The van der Waals surface area contributed by atoms with E-state index in [4.69, 9.17) is 11.1 Å². The van der Waals surface area contributed by atoms with Crippen LogP contribution in [-0.2, 0) is 0 Å². The van der Waals surface area contributed by atoms with E-state index in [1.165, 1.54) is 0 Å². The summed E-state index contributed by atoms with van der Waals surface area (Å²) < 4.78 is 0. The van der Waals surface area contributed by atoms with Gasteiger partial charge in [0.15, 0.2) is 5.84 Å². The summed E-state index contributed by atoms with van der Waals surface area (Å²) in [6.07, 6.45) is 3.27. The number of hydrogen-bond acceptors (Lipinski definition) is 4. The minimum atomic E-state index is 0.0418. The van der Waals surface area contributed by atoms with E-state index in [2.05, 4.69) is 9.98 Å². The fraction of sp³-hybridized carbons (Fsp3) is 0.154. The van der Waals surface area contributed by atoms with Crippen LogP contribution in [-0.4, -0.2) is 22.5 Å². The number of hydrogen-bond donors (Lipinski definition) is 3. The molecule has 18 heavy (non-hydrogen) atoms. The molecular weight excluding hydrogens is 228 g/mol. The van der Waals surface area contributed by atoms with Crippen LogP contribution in [0.4, 0.5) is 5.69 Å². The Morgan fingerprint density at radius 1 is 1.22 bits per heavy atom. The fourth-order valence-corrected chi connectivity index (χ4v) is 1.59. The quantitative estimate of drug-likeness (QED) is 0.702. The number of phenols is 1. The Labute approximate surface area is 105 Å². The molecule has 0 atom stereocenters. The molecule has 0 aliphatic carbocycles. The van der Waals surface area contributed by atoms with Crippen molar-refractivity contribution >= 4 is 23.1 Å². The number of aromatic hydroxyl groups is 1. The van der Waals surface area contributed by atoms with Crippen LogP contribution in [0.3, 0.4) is 0 Å². The molecule has 1 heterocycles. The van der Waals surface area contributed by atoms with Crippen molar-refractivity contribution in [1.29, 1.82) is 5.41 Å². The molecule has 0 bridgehead atoms. The lowest BCUT2D eigenvalue weighted by molar-refractivity contribution is 0.471. The highest BCUT2D eigenvalue weighted by atomic mass is 16.3. The number of aryl methyl sites for hydroxylation is 2. The first-order valence-corrected chi connectivity index (χ1v) is 5.47. The maximum atomic E-state index is 9.57. The van der Waals surface area contributed by atoms with Crippen LogP contribution in [0.2, 0.25) is 0 Å². The Morgan fingerprint density at radius 3 is 2.61 bits per heavy atom. The molecule has 5 heteroatoms. The van der Waals surface area contributed by atoms with Gasteiger partial charge in [0, 0.05) is 0 Å². The fourth-order valence-electron chi connectivity index (χ4n) is 1.59. The number of aliphatic imine (C=N–C) groups is 2. The minimum absolute atomic E-state index is 0.0418. The van der Waals surface area contributed by atoms with Crippen molar-refractivity contribution in [3.05, 3.63) is 35.4 Å². The van der Waals surface area contributed by atoms with Gasteiger partial charge in [-0.3, -0.25) is 5.41 Å². The number of benzene rings is 1. The average Bonchev–Trinajstić information content (AvgIpc) is 2.29. The summed E-state index contributed by atoms with van der Waals surface area (Å²) in [6.45, 7) is 3.66. The Morgan fingerprint density at radius 2 is 1.94 bits per heavy atom. The lowest BCUT2D eigenvalue weighted by atomic mass is 10.1. The van der Waals surface area contributed by atoms with Crippen molar-refractivity contribution in [3.63, 3.8) is 0 Å². The van der Waals surface area contributed by atoms with E-state index in [1.807, 2.05) is 6.92 Å². The van der Waals surface area contributed by atoms with Gasteiger partial charge in [0.2, 0.25) is 0 Å². The SMILES string of the molecule is Cc1cc(N=C2C=CC(N)=NC2=N)c(C)cc1O. The predicted octanol–water partition coefficient (Wildman–Crippen LogP) is 1.99. The lowest BCUT2D eigenvalue weighted by Gasteiger charge is -2.08. The van der Waals surface area contributed by atoms with Gasteiger partial charge in [-0.05, 0) is 49.3 Å². The van der Waals surface area contributed by atoms with E-state index in [9.17, 15) is 5.11 Å². The monoisotopic (exact) mass is 242 g/mol. The number of nitrogens with one attached hydrogen (secondary N) is 1. The summed E-state index contributed by atoms with van der Waals surface area (Å²) >= 11 is 0. The second kappa shape index (κ2) is 4.44. The van der Waals surface area contributed by atoms with E-state index in [1.54, 1.807) is 31.2 Å². The molecule has 1 aliphatic heterocycles. The number of rotatable bonds is 1. The molecule has 5 nitrogen and oxygen atoms in total. The van der Waals surface area contributed by atoms with Gasteiger partial charge in [-0.2, -0.15) is 0 Å². The molecule has 0 radical (unpaired) electrons. The number of nitrogens with two attached hydrogens (primary N) is 1. The van der Waals surface area contributed by atoms with Gasteiger partial charge >= 0.3 is 0 Å². The van der Waals surface area contributed by atoms with E-state index in [0.717, 1.165) is 11.1 Å². The van der Waals surface area contributed by atoms with Gasteiger partial charge in [-0.15, -0.1) is 0 Å². The Balaban J connectivity index is 2.44. The lowest BCUT2D eigenvalue weighted by Crippen LogP contribution is -2.20. The Hall–Kier alpha value is -2.43. The van der Waals surface area contributed by atoms with Crippen LogP contribution >= 0.6 is 0 Å². The van der Waals surface area contributed by atoms with Crippen molar-refractivity contribution in [2.24, 2.45) is 15.7 Å². The molecule has 1 aromatic rings. The average molecular weight is 242 g/mol. The molecule has 0 aromatic heterocycles. The second-order valence-corrected chi connectivity index (χ2v) is 4.14. The van der Waals surface area contributed by atoms with Crippen molar-refractivity contribution in [2.75, 3.05) is 0 Å². The van der Waals surface area contributed by atoms with Crippen molar-refractivity contribution in [2.45, 2.75) is 13.8 Å². The number of phenolic OH excluding ortho intramolecular Hbond substituents is 1. The van der Waals surface area contributed by atoms with Gasteiger partial charge in [0.25, 0.3) is 0 Å². The molecule has 0 spiro atoms. The molecule has 0 unspecified atom stereocenters. The summed E-state index contributed by atoms with van der Waals surface area (Å²) in [5, 5.41) is 17.3. The van der Waals surface area contributed by atoms with Crippen LogP contribution in [0.5, 0.6) is 5.75 Å². The topological polar surface area (TPSA) is 94.8 Å². The third-order valence-electron chi connectivity index (χ3n) is 2.65. The third-order valence-corrected chi connectivity index (χ3v) is 2.65. The highest BCUT2D eigenvalue weighted by Crippen LogP contribution is 2.27. The number of dihydropyridines is 1. The van der Waals surface area contributed by atoms with Gasteiger partial charge in [-0.1, -0.05) is 0 Å². The van der Waals surface area contributed by atoms with Crippen molar-refractivity contribution in [3.8, 4) is 5.75 Å². The van der Waals surface area contributed by atoms with Crippen molar-refractivity contribution < 1.29 is 5.11 Å². The summed E-state index contributed by atoms with van der Waals surface area (Å²) in [5.74, 6) is 0.589. The van der Waals surface area contributed by atoms with Crippen molar-refractivity contribution in [1.82, 2.24) is 0 Å². The Kier molecular flexibility index (Phi) is 2.97. The molecule has 0 saturated heterocycles. The molecule has 0 saturated carbocycles. The van der Waals surface area contributed by atoms with Crippen LogP contribution in [0.25, 0.3) is 0 Å². The summed E-state index contributed by atoms with van der Waals surface area (Å²) in [5.41, 5.74) is 8.24. The number of nitrogens with zero attached hydrogens (tertiary/aromatic N) is 2. The van der Waals surface area contributed by atoms with Crippen LogP contribution in [0, 0.1) is 19.3 Å². The third kappa shape index (κ3) is 2.29. The molecule has 0 fully saturated rings. The standard InChI is InChI=1S/C13H14N4O/c1-7-6-11(18)8(2)5-10(7)16-9-3-4-12(14)17-13(9)15/h3-6,18H,1-2H3,(H3,14,15,17). The molecule has 1 aliphatic rings. The zero-order valence-corrected chi connectivity index (χ0v) is 10.2.